The highest BCUT2D eigenvalue weighted by Crippen LogP contribution is 2.05. The fourth-order valence-corrected chi connectivity index (χ4v) is 3.11. The van der Waals surface area contributed by atoms with E-state index in [-0.39, 0.29) is 18.2 Å². The smallest absolute Gasteiger partial charge is 0.220 e. The van der Waals surface area contributed by atoms with Gasteiger partial charge in [-0.05, 0) is 12.3 Å². The third-order valence-corrected chi connectivity index (χ3v) is 4.87. The molecular formula is C12H24N2O4S. The molecule has 0 aromatic heterocycles. The molecule has 0 spiro atoms. The minimum Gasteiger partial charge on any atom is -0.379 e. The molecule has 6 nitrogen and oxygen atoms in total. The van der Waals surface area contributed by atoms with Crippen molar-refractivity contribution >= 4 is 15.9 Å². The van der Waals surface area contributed by atoms with E-state index in [1.165, 1.54) is 4.31 Å². The van der Waals surface area contributed by atoms with E-state index in [4.69, 9.17) is 4.74 Å². The molecule has 7 heteroatoms. The summed E-state index contributed by atoms with van der Waals surface area (Å²) in [6.07, 6.45) is 1.28. The van der Waals surface area contributed by atoms with E-state index in [9.17, 15) is 13.2 Å². The average Bonchev–Trinajstić information content (AvgIpc) is 2.37. The predicted molar refractivity (Wildman–Crippen MR) is 73.3 cm³/mol. The molecule has 0 unspecified atom stereocenters. The number of hydrogen-bond acceptors (Lipinski definition) is 4. The summed E-state index contributed by atoms with van der Waals surface area (Å²) >= 11 is 0. The lowest BCUT2D eigenvalue weighted by Gasteiger charge is -2.26. The second kappa shape index (κ2) is 7.81. The van der Waals surface area contributed by atoms with Gasteiger partial charge in [0, 0.05) is 26.1 Å². The number of nitrogens with one attached hydrogen (secondary N) is 1. The van der Waals surface area contributed by atoms with Gasteiger partial charge in [0.1, 0.15) is 0 Å². The van der Waals surface area contributed by atoms with Gasteiger partial charge in [-0.1, -0.05) is 13.8 Å². The van der Waals surface area contributed by atoms with Crippen LogP contribution in [0.5, 0.6) is 0 Å². The molecule has 1 heterocycles. The van der Waals surface area contributed by atoms with Crippen molar-refractivity contribution in [3.8, 4) is 0 Å². The predicted octanol–water partition coefficient (Wildman–Crippen LogP) is 0.201. The molecule has 1 rings (SSSR count). The van der Waals surface area contributed by atoms with Crippen molar-refractivity contribution in [2.75, 3.05) is 38.6 Å². The zero-order valence-corrected chi connectivity index (χ0v) is 12.5. The Morgan fingerprint density at radius 3 is 2.53 bits per heavy atom. The van der Waals surface area contributed by atoms with Crippen LogP contribution in [0.2, 0.25) is 0 Å². The Balaban J connectivity index is 2.25. The van der Waals surface area contributed by atoms with Crippen LogP contribution >= 0.6 is 0 Å². The number of morpholine rings is 1. The van der Waals surface area contributed by atoms with Crippen LogP contribution in [-0.4, -0.2) is 57.2 Å². The molecule has 0 bridgehead atoms. The molecule has 1 saturated heterocycles. The molecule has 0 atom stereocenters. The normalized spacial score (nSPS) is 17.6. The van der Waals surface area contributed by atoms with Gasteiger partial charge in [-0.25, -0.2) is 8.42 Å². The Hall–Kier alpha value is -0.660. The van der Waals surface area contributed by atoms with Gasteiger partial charge in [0.2, 0.25) is 15.9 Å². The maximum absolute atomic E-state index is 12.0. The van der Waals surface area contributed by atoms with Crippen LogP contribution in [0.3, 0.4) is 0 Å². The van der Waals surface area contributed by atoms with Crippen LogP contribution in [0.1, 0.15) is 26.7 Å². The summed E-state index contributed by atoms with van der Waals surface area (Å²) in [5.41, 5.74) is 0. The molecule has 112 valence electrons. The number of ether oxygens (including phenoxy) is 1. The third kappa shape index (κ3) is 6.35. The summed E-state index contributed by atoms with van der Waals surface area (Å²) in [4.78, 5) is 11.5. The minimum atomic E-state index is -3.27. The average molecular weight is 292 g/mol. The highest BCUT2D eigenvalue weighted by Gasteiger charge is 2.23. The second-order valence-corrected chi connectivity index (χ2v) is 7.20. The first-order valence-corrected chi connectivity index (χ1v) is 8.35. The molecule has 1 fully saturated rings. The molecular weight excluding hydrogens is 268 g/mol. The van der Waals surface area contributed by atoms with E-state index >= 15 is 0 Å². The summed E-state index contributed by atoms with van der Waals surface area (Å²) in [6.45, 7) is 5.98. The summed E-state index contributed by atoms with van der Waals surface area (Å²) in [7, 11) is -3.27. The van der Waals surface area contributed by atoms with Gasteiger partial charge in [0.05, 0.1) is 19.0 Å². The Kier molecular flexibility index (Phi) is 6.74. The van der Waals surface area contributed by atoms with Crippen molar-refractivity contribution in [1.82, 2.24) is 9.62 Å². The van der Waals surface area contributed by atoms with Gasteiger partial charge < -0.3 is 10.1 Å². The summed E-state index contributed by atoms with van der Waals surface area (Å²) in [6, 6.07) is 0. The van der Waals surface area contributed by atoms with Crippen molar-refractivity contribution in [2.24, 2.45) is 5.92 Å². The highest BCUT2D eigenvalue weighted by atomic mass is 32.2. The lowest BCUT2D eigenvalue weighted by atomic mass is 10.1. The standard InChI is InChI=1S/C12H24N2O4S/c1-11(2)3-4-12(15)13-5-10-19(16,17)14-6-8-18-9-7-14/h11H,3-10H2,1-2H3,(H,13,15). The van der Waals surface area contributed by atoms with Gasteiger partial charge in [0.25, 0.3) is 0 Å². The van der Waals surface area contributed by atoms with Gasteiger partial charge in [-0.3, -0.25) is 4.79 Å². The number of carbonyl (C=O) groups is 1. The van der Waals surface area contributed by atoms with Crippen LogP contribution in [0.4, 0.5) is 0 Å². The number of amides is 1. The Labute approximate surface area is 115 Å². The molecule has 0 aromatic rings. The summed E-state index contributed by atoms with van der Waals surface area (Å²) in [5, 5.41) is 2.66. The van der Waals surface area contributed by atoms with Crippen LogP contribution in [0, 0.1) is 5.92 Å². The SMILES string of the molecule is CC(C)CCC(=O)NCCS(=O)(=O)N1CCOCC1. The lowest BCUT2D eigenvalue weighted by Crippen LogP contribution is -2.43. The Bertz CT molecular complexity index is 375. The van der Waals surface area contributed by atoms with Gasteiger partial charge in [0.15, 0.2) is 0 Å². The number of carbonyl (C=O) groups excluding carboxylic acids is 1. The third-order valence-electron chi connectivity index (χ3n) is 2.99. The van der Waals surface area contributed by atoms with E-state index in [1.807, 2.05) is 0 Å². The maximum atomic E-state index is 12.0. The monoisotopic (exact) mass is 292 g/mol. The second-order valence-electron chi connectivity index (χ2n) is 5.11. The maximum Gasteiger partial charge on any atom is 0.220 e. The van der Waals surface area contributed by atoms with Crippen LogP contribution < -0.4 is 5.32 Å². The largest absolute Gasteiger partial charge is 0.379 e. The summed E-state index contributed by atoms with van der Waals surface area (Å²) < 4.78 is 30.4. The molecule has 19 heavy (non-hydrogen) atoms. The van der Waals surface area contributed by atoms with E-state index in [2.05, 4.69) is 19.2 Å². The van der Waals surface area contributed by atoms with Crippen molar-refractivity contribution in [1.29, 1.82) is 0 Å². The van der Waals surface area contributed by atoms with Crippen molar-refractivity contribution in [3.63, 3.8) is 0 Å². The van der Waals surface area contributed by atoms with Gasteiger partial charge in [-0.15, -0.1) is 0 Å². The quantitative estimate of drug-likeness (QED) is 0.727. The summed E-state index contributed by atoms with van der Waals surface area (Å²) in [5.74, 6) is 0.356. The van der Waals surface area contributed by atoms with Crippen molar-refractivity contribution in [3.05, 3.63) is 0 Å². The van der Waals surface area contributed by atoms with E-state index < -0.39 is 10.0 Å². The first-order valence-electron chi connectivity index (χ1n) is 6.74. The molecule has 1 amide bonds. The number of sulfonamides is 1. The number of rotatable bonds is 7. The molecule has 0 radical (unpaired) electrons. The van der Waals surface area contributed by atoms with Crippen LogP contribution in [0.15, 0.2) is 0 Å². The molecule has 1 aliphatic rings. The van der Waals surface area contributed by atoms with E-state index in [0.717, 1.165) is 6.42 Å². The van der Waals surface area contributed by atoms with Crippen LogP contribution in [-0.2, 0) is 19.6 Å². The van der Waals surface area contributed by atoms with Gasteiger partial charge >= 0.3 is 0 Å². The fourth-order valence-electron chi connectivity index (χ4n) is 1.78. The number of nitrogens with zero attached hydrogens (tertiary/aromatic N) is 1. The van der Waals surface area contributed by atoms with Crippen LogP contribution in [0.25, 0.3) is 0 Å². The molecule has 1 N–H and O–H groups in total. The van der Waals surface area contributed by atoms with E-state index in [0.29, 0.717) is 38.6 Å². The zero-order valence-electron chi connectivity index (χ0n) is 11.7. The van der Waals surface area contributed by atoms with Crippen molar-refractivity contribution < 1.29 is 17.9 Å². The number of hydrogen-bond donors (Lipinski definition) is 1. The Morgan fingerprint density at radius 1 is 1.32 bits per heavy atom. The first-order chi connectivity index (χ1) is 8.92. The Morgan fingerprint density at radius 2 is 1.95 bits per heavy atom. The van der Waals surface area contributed by atoms with E-state index in [1.54, 1.807) is 0 Å². The topological polar surface area (TPSA) is 75.7 Å². The molecule has 1 aliphatic heterocycles. The first kappa shape index (κ1) is 16.4. The molecule has 0 aromatic carbocycles. The zero-order chi connectivity index (χ0) is 14.3. The highest BCUT2D eigenvalue weighted by molar-refractivity contribution is 7.89. The van der Waals surface area contributed by atoms with Crippen molar-refractivity contribution in [2.45, 2.75) is 26.7 Å². The molecule has 0 saturated carbocycles. The lowest BCUT2D eigenvalue weighted by molar-refractivity contribution is -0.121. The van der Waals surface area contributed by atoms with Gasteiger partial charge in [-0.2, -0.15) is 4.31 Å². The molecule has 0 aliphatic carbocycles. The minimum absolute atomic E-state index is 0.0413. The fraction of sp³-hybridized carbons (Fsp3) is 0.917.